The molecule has 0 radical (unpaired) electrons. The quantitative estimate of drug-likeness (QED) is 0.637. The van der Waals surface area contributed by atoms with Crippen LogP contribution in [0.4, 0.5) is 5.69 Å². The number of rotatable bonds is 2. The van der Waals surface area contributed by atoms with E-state index in [1.807, 2.05) is 12.1 Å². The normalized spacial score (nSPS) is 10.9. The number of hydrogen-bond donors (Lipinski definition) is 0. The molecule has 0 aliphatic rings. The first-order valence-electron chi connectivity index (χ1n) is 5.22. The Morgan fingerprint density at radius 3 is 2.27 bits per heavy atom. The average molecular weight is 197 g/mol. The number of aliphatic imine (C=N–C) groups is 1. The molecule has 0 heterocycles. The summed E-state index contributed by atoms with van der Waals surface area (Å²) in [7, 11) is 0. The lowest BCUT2D eigenvalue weighted by Crippen LogP contribution is -1.89. The van der Waals surface area contributed by atoms with Crippen LogP contribution in [-0.2, 0) is 0 Å². The maximum absolute atomic E-state index is 4.05. The number of benzene rings is 2. The summed E-state index contributed by atoms with van der Waals surface area (Å²) in [5.74, 6) is 0.536. The molecule has 0 spiro atoms. The van der Waals surface area contributed by atoms with Crippen molar-refractivity contribution in [2.24, 2.45) is 4.99 Å². The van der Waals surface area contributed by atoms with Gasteiger partial charge in [0.05, 0.1) is 5.69 Å². The van der Waals surface area contributed by atoms with Gasteiger partial charge in [-0.3, -0.25) is 4.99 Å². The van der Waals surface area contributed by atoms with Crippen molar-refractivity contribution in [3.8, 4) is 0 Å². The van der Waals surface area contributed by atoms with Gasteiger partial charge in [0, 0.05) is 5.39 Å². The van der Waals surface area contributed by atoms with Gasteiger partial charge in [-0.25, -0.2) is 0 Å². The molecule has 0 bridgehead atoms. The van der Waals surface area contributed by atoms with Crippen molar-refractivity contribution in [1.82, 2.24) is 0 Å². The molecule has 0 aliphatic carbocycles. The highest BCUT2D eigenvalue weighted by Gasteiger charge is 2.06. The highest BCUT2D eigenvalue weighted by atomic mass is 14.7. The van der Waals surface area contributed by atoms with Crippen LogP contribution in [-0.4, -0.2) is 6.72 Å². The summed E-state index contributed by atoms with van der Waals surface area (Å²) in [6.45, 7) is 8.03. The Morgan fingerprint density at radius 2 is 1.67 bits per heavy atom. The van der Waals surface area contributed by atoms with Gasteiger partial charge < -0.3 is 0 Å². The summed E-state index contributed by atoms with van der Waals surface area (Å²) in [5, 5.41) is 2.48. The molecule has 1 heteroatoms. The molecule has 1 nitrogen and oxygen atoms in total. The van der Waals surface area contributed by atoms with Gasteiger partial charge in [0.1, 0.15) is 0 Å². The molecule has 2 rings (SSSR count). The zero-order valence-electron chi connectivity index (χ0n) is 9.20. The molecule has 0 fully saturated rings. The van der Waals surface area contributed by atoms with Gasteiger partial charge in [-0.2, -0.15) is 0 Å². The standard InChI is InChI=1S/C14H15N/c1-10(2)11-8-9-14(15-3)13-7-5-4-6-12(11)13/h4-10H,3H2,1-2H3. The Kier molecular flexibility index (Phi) is 2.55. The summed E-state index contributed by atoms with van der Waals surface area (Å²) in [6, 6.07) is 12.6. The fourth-order valence-electron chi connectivity index (χ4n) is 1.95. The lowest BCUT2D eigenvalue weighted by atomic mass is 9.95. The second-order valence-electron chi connectivity index (χ2n) is 4.03. The second kappa shape index (κ2) is 3.85. The molecule has 2 aromatic rings. The van der Waals surface area contributed by atoms with E-state index in [1.165, 1.54) is 16.3 Å². The van der Waals surface area contributed by atoms with Crippen molar-refractivity contribution in [2.45, 2.75) is 19.8 Å². The van der Waals surface area contributed by atoms with Crippen molar-refractivity contribution < 1.29 is 0 Å². The van der Waals surface area contributed by atoms with E-state index in [-0.39, 0.29) is 0 Å². The lowest BCUT2D eigenvalue weighted by Gasteiger charge is -2.11. The van der Waals surface area contributed by atoms with Crippen molar-refractivity contribution in [3.05, 3.63) is 42.0 Å². The largest absolute Gasteiger partial charge is 0.264 e. The molecular weight excluding hydrogens is 182 g/mol. The summed E-state index contributed by atoms with van der Waals surface area (Å²) >= 11 is 0. The van der Waals surface area contributed by atoms with Gasteiger partial charge in [0.15, 0.2) is 0 Å². The zero-order valence-corrected chi connectivity index (χ0v) is 9.20. The predicted octanol–water partition coefficient (Wildman–Crippen LogP) is 4.30. The van der Waals surface area contributed by atoms with Crippen molar-refractivity contribution in [3.63, 3.8) is 0 Å². The van der Waals surface area contributed by atoms with Gasteiger partial charge in [-0.15, -0.1) is 0 Å². The van der Waals surface area contributed by atoms with E-state index in [4.69, 9.17) is 0 Å². The molecule has 15 heavy (non-hydrogen) atoms. The SMILES string of the molecule is C=Nc1ccc(C(C)C)c2ccccc12. The lowest BCUT2D eigenvalue weighted by molar-refractivity contribution is 0.876. The molecule has 0 amide bonds. The molecule has 0 atom stereocenters. The van der Waals surface area contributed by atoms with Gasteiger partial charge in [0.25, 0.3) is 0 Å². The molecule has 0 saturated heterocycles. The van der Waals surface area contributed by atoms with Gasteiger partial charge in [0.2, 0.25) is 0 Å². The smallest absolute Gasteiger partial charge is 0.0700 e. The first-order chi connectivity index (χ1) is 7.24. The summed E-state index contributed by atoms with van der Waals surface area (Å²) in [5.41, 5.74) is 2.34. The van der Waals surface area contributed by atoms with Crippen molar-refractivity contribution in [1.29, 1.82) is 0 Å². The van der Waals surface area contributed by atoms with Crippen LogP contribution in [0.15, 0.2) is 41.4 Å². The van der Waals surface area contributed by atoms with E-state index in [2.05, 4.69) is 49.8 Å². The minimum Gasteiger partial charge on any atom is -0.264 e. The average Bonchev–Trinajstić information content (AvgIpc) is 2.27. The Morgan fingerprint density at radius 1 is 1.00 bits per heavy atom. The third kappa shape index (κ3) is 1.65. The Balaban J connectivity index is 2.83. The first-order valence-corrected chi connectivity index (χ1v) is 5.22. The summed E-state index contributed by atoms with van der Waals surface area (Å²) in [4.78, 5) is 4.05. The Bertz CT molecular complexity index is 498. The minimum atomic E-state index is 0.536. The highest BCUT2D eigenvalue weighted by molar-refractivity contribution is 5.95. The van der Waals surface area contributed by atoms with Crippen LogP contribution in [0.25, 0.3) is 10.8 Å². The highest BCUT2D eigenvalue weighted by Crippen LogP contribution is 2.31. The van der Waals surface area contributed by atoms with Gasteiger partial charge >= 0.3 is 0 Å². The molecule has 0 saturated carbocycles. The van der Waals surface area contributed by atoms with Crippen LogP contribution in [0.1, 0.15) is 25.3 Å². The van der Waals surface area contributed by atoms with E-state index < -0.39 is 0 Å². The maximum Gasteiger partial charge on any atom is 0.0700 e. The van der Waals surface area contributed by atoms with Gasteiger partial charge in [-0.05, 0) is 29.7 Å². The van der Waals surface area contributed by atoms with E-state index >= 15 is 0 Å². The van der Waals surface area contributed by atoms with Crippen LogP contribution in [0.5, 0.6) is 0 Å². The monoisotopic (exact) mass is 197 g/mol. The third-order valence-corrected chi connectivity index (χ3v) is 2.73. The zero-order chi connectivity index (χ0) is 10.8. The van der Waals surface area contributed by atoms with Crippen molar-refractivity contribution >= 4 is 23.2 Å². The number of nitrogens with zero attached hydrogens (tertiary/aromatic N) is 1. The second-order valence-corrected chi connectivity index (χ2v) is 4.03. The summed E-state index contributed by atoms with van der Waals surface area (Å²) < 4.78 is 0. The molecule has 2 aromatic carbocycles. The first kappa shape index (κ1) is 9.91. The fourth-order valence-corrected chi connectivity index (χ4v) is 1.95. The van der Waals surface area contributed by atoms with E-state index in [1.54, 1.807) is 0 Å². The molecule has 0 N–H and O–H groups in total. The van der Waals surface area contributed by atoms with Crippen LogP contribution < -0.4 is 0 Å². The maximum atomic E-state index is 4.05. The van der Waals surface area contributed by atoms with E-state index in [9.17, 15) is 0 Å². The molecule has 0 aromatic heterocycles. The van der Waals surface area contributed by atoms with Crippen LogP contribution >= 0.6 is 0 Å². The summed E-state index contributed by atoms with van der Waals surface area (Å²) in [6.07, 6.45) is 0. The molecule has 76 valence electrons. The van der Waals surface area contributed by atoms with Crippen LogP contribution in [0.2, 0.25) is 0 Å². The number of fused-ring (bicyclic) bond motifs is 1. The Hall–Kier alpha value is -1.63. The van der Waals surface area contributed by atoms with Crippen LogP contribution in [0, 0.1) is 0 Å². The topological polar surface area (TPSA) is 12.4 Å². The Labute approximate surface area is 90.5 Å². The third-order valence-electron chi connectivity index (χ3n) is 2.73. The number of hydrogen-bond acceptors (Lipinski definition) is 1. The molecule has 0 aliphatic heterocycles. The molecule has 0 unspecified atom stereocenters. The fraction of sp³-hybridized carbons (Fsp3) is 0.214. The minimum absolute atomic E-state index is 0.536. The van der Waals surface area contributed by atoms with E-state index in [0.29, 0.717) is 5.92 Å². The predicted molar refractivity (Wildman–Crippen MR) is 67.2 cm³/mol. The van der Waals surface area contributed by atoms with E-state index in [0.717, 1.165) is 5.69 Å². The molecular formula is C14H15N. The van der Waals surface area contributed by atoms with Crippen molar-refractivity contribution in [2.75, 3.05) is 0 Å². The van der Waals surface area contributed by atoms with Crippen LogP contribution in [0.3, 0.4) is 0 Å². The van der Waals surface area contributed by atoms with Gasteiger partial charge in [-0.1, -0.05) is 44.2 Å².